The lowest BCUT2D eigenvalue weighted by Gasteiger charge is -2.15. The van der Waals surface area contributed by atoms with Crippen LogP contribution in [-0.4, -0.2) is 44.2 Å². The molecule has 1 fully saturated rings. The van der Waals surface area contributed by atoms with Crippen LogP contribution in [0.2, 0.25) is 0 Å². The van der Waals surface area contributed by atoms with Gasteiger partial charge in [-0.1, -0.05) is 12.1 Å². The normalized spacial score (nSPS) is 14.3. The van der Waals surface area contributed by atoms with Gasteiger partial charge in [-0.3, -0.25) is 20.4 Å². The van der Waals surface area contributed by atoms with Crippen LogP contribution in [0.5, 0.6) is 5.75 Å². The molecule has 2 amide bonds. The van der Waals surface area contributed by atoms with Crippen molar-refractivity contribution in [3.63, 3.8) is 0 Å². The summed E-state index contributed by atoms with van der Waals surface area (Å²) in [6.07, 6.45) is 1.78. The molecular weight excluding hydrogens is 418 g/mol. The van der Waals surface area contributed by atoms with Crippen LogP contribution in [0.25, 0.3) is 0 Å². The summed E-state index contributed by atoms with van der Waals surface area (Å²) in [5.41, 5.74) is 6.96. The van der Waals surface area contributed by atoms with Gasteiger partial charge in [-0.05, 0) is 68.1 Å². The molecule has 0 aromatic heterocycles. The average molecular weight is 446 g/mol. The summed E-state index contributed by atoms with van der Waals surface area (Å²) in [6, 6.07) is 11.5. The van der Waals surface area contributed by atoms with Crippen LogP contribution in [0.3, 0.4) is 0 Å². The number of carbonyl (C=O) groups is 2. The van der Waals surface area contributed by atoms with Gasteiger partial charge in [0.05, 0.1) is 17.9 Å². The van der Waals surface area contributed by atoms with E-state index >= 15 is 0 Å². The molecule has 8 nitrogen and oxygen atoms in total. The Hall–Kier alpha value is -2.91. The van der Waals surface area contributed by atoms with Gasteiger partial charge in [-0.15, -0.1) is 0 Å². The molecule has 1 aliphatic rings. The molecule has 0 bridgehead atoms. The highest BCUT2D eigenvalue weighted by Crippen LogP contribution is 2.21. The summed E-state index contributed by atoms with van der Waals surface area (Å²) >= 11 is 0. The third-order valence-corrected chi connectivity index (χ3v) is 6.98. The van der Waals surface area contributed by atoms with E-state index in [9.17, 15) is 18.0 Å². The van der Waals surface area contributed by atoms with Crippen molar-refractivity contribution in [3.05, 3.63) is 59.2 Å². The van der Waals surface area contributed by atoms with Crippen LogP contribution in [0, 0.1) is 13.8 Å². The second-order valence-corrected chi connectivity index (χ2v) is 9.44. The van der Waals surface area contributed by atoms with Gasteiger partial charge in [-0.25, -0.2) is 8.42 Å². The first kappa shape index (κ1) is 22.8. The number of carbonyl (C=O) groups excluding carboxylic acids is 2. The predicted octanol–water partition coefficient (Wildman–Crippen LogP) is 2.32. The van der Waals surface area contributed by atoms with Crippen LogP contribution in [0.4, 0.5) is 0 Å². The predicted molar refractivity (Wildman–Crippen MR) is 116 cm³/mol. The van der Waals surface area contributed by atoms with E-state index in [1.54, 1.807) is 0 Å². The first-order chi connectivity index (χ1) is 14.8. The Morgan fingerprint density at radius 2 is 1.68 bits per heavy atom. The first-order valence-corrected chi connectivity index (χ1v) is 11.6. The molecule has 0 saturated carbocycles. The van der Waals surface area contributed by atoms with Crippen molar-refractivity contribution in [3.8, 4) is 5.75 Å². The minimum atomic E-state index is -3.53. The van der Waals surface area contributed by atoms with E-state index in [0.29, 0.717) is 13.1 Å². The molecule has 0 radical (unpaired) electrons. The van der Waals surface area contributed by atoms with Crippen molar-refractivity contribution in [1.82, 2.24) is 15.2 Å². The summed E-state index contributed by atoms with van der Waals surface area (Å²) in [5, 5.41) is 0. The Bertz CT molecular complexity index is 1050. The number of hydrogen-bond acceptors (Lipinski definition) is 5. The largest absolute Gasteiger partial charge is 0.493 e. The number of hydrazine groups is 1. The number of amides is 2. The number of benzene rings is 2. The van der Waals surface area contributed by atoms with E-state index < -0.39 is 21.8 Å². The number of sulfonamides is 1. The van der Waals surface area contributed by atoms with Crippen LogP contribution in [0.15, 0.2) is 47.4 Å². The number of ether oxygens (including phenoxy) is 1. The smallest absolute Gasteiger partial charge is 0.269 e. The van der Waals surface area contributed by atoms with Crippen LogP contribution in [-0.2, 0) is 14.8 Å². The van der Waals surface area contributed by atoms with Gasteiger partial charge in [0, 0.05) is 18.7 Å². The number of aryl methyl sites for hydroxylation is 2. The van der Waals surface area contributed by atoms with E-state index in [0.717, 1.165) is 29.7 Å². The van der Waals surface area contributed by atoms with Crippen LogP contribution >= 0.6 is 0 Å². The fraction of sp³-hybridized carbons (Fsp3) is 0.364. The topological polar surface area (TPSA) is 105 Å². The van der Waals surface area contributed by atoms with Crippen molar-refractivity contribution in [2.24, 2.45) is 0 Å². The minimum absolute atomic E-state index is 0.0701. The molecule has 1 aliphatic heterocycles. The molecule has 2 aromatic rings. The lowest BCUT2D eigenvalue weighted by atomic mass is 10.1. The zero-order chi connectivity index (χ0) is 22.4. The molecule has 3 rings (SSSR count). The summed E-state index contributed by atoms with van der Waals surface area (Å²) < 4.78 is 32.1. The maximum Gasteiger partial charge on any atom is 0.269 e. The van der Waals surface area contributed by atoms with E-state index in [-0.39, 0.29) is 23.5 Å². The van der Waals surface area contributed by atoms with Gasteiger partial charge in [0.25, 0.3) is 5.91 Å². The van der Waals surface area contributed by atoms with Crippen molar-refractivity contribution in [2.75, 3.05) is 19.7 Å². The second-order valence-electron chi connectivity index (χ2n) is 7.51. The zero-order valence-electron chi connectivity index (χ0n) is 17.7. The number of nitrogens with one attached hydrogen (secondary N) is 2. The highest BCUT2D eigenvalue weighted by Gasteiger charge is 2.27. The van der Waals surface area contributed by atoms with E-state index in [2.05, 4.69) is 10.9 Å². The monoisotopic (exact) mass is 445 g/mol. The molecule has 2 aromatic carbocycles. The number of hydrogen-bond donors (Lipinski definition) is 2. The maximum atomic E-state index is 12.5. The number of rotatable bonds is 7. The van der Waals surface area contributed by atoms with E-state index in [1.807, 2.05) is 32.0 Å². The van der Waals surface area contributed by atoms with Gasteiger partial charge in [-0.2, -0.15) is 4.31 Å². The molecular formula is C22H27N3O5S. The molecule has 0 aliphatic carbocycles. The first-order valence-electron chi connectivity index (χ1n) is 10.2. The summed E-state index contributed by atoms with van der Waals surface area (Å²) in [7, 11) is -3.53. The standard InChI is InChI=1S/C22H27N3O5S/c1-16-5-6-17(2)20(15-16)30-14-11-21(26)23-24-22(27)18-7-9-19(10-8-18)31(28,29)25-12-3-4-13-25/h5-10,15H,3-4,11-14H2,1-2H3,(H,23,26)(H,24,27). The SMILES string of the molecule is Cc1ccc(C)c(OCCC(=O)NNC(=O)c2ccc(S(=O)(=O)N3CCCC3)cc2)c1. The molecule has 166 valence electrons. The van der Waals surface area contributed by atoms with Crippen molar-refractivity contribution in [1.29, 1.82) is 0 Å². The van der Waals surface area contributed by atoms with Crippen molar-refractivity contribution in [2.45, 2.75) is 38.0 Å². The Kier molecular flexibility index (Phi) is 7.29. The highest BCUT2D eigenvalue weighted by atomic mass is 32.2. The Morgan fingerprint density at radius 3 is 2.35 bits per heavy atom. The molecule has 0 atom stereocenters. The second kappa shape index (κ2) is 9.93. The van der Waals surface area contributed by atoms with Crippen molar-refractivity contribution < 1.29 is 22.7 Å². The fourth-order valence-electron chi connectivity index (χ4n) is 3.23. The summed E-state index contributed by atoms with van der Waals surface area (Å²) in [5.74, 6) is -0.207. The highest BCUT2D eigenvalue weighted by molar-refractivity contribution is 7.89. The van der Waals surface area contributed by atoms with Gasteiger partial charge in [0.15, 0.2) is 0 Å². The Balaban J connectivity index is 1.46. The number of nitrogens with zero attached hydrogens (tertiary/aromatic N) is 1. The summed E-state index contributed by atoms with van der Waals surface area (Å²) in [4.78, 5) is 24.3. The van der Waals surface area contributed by atoms with Gasteiger partial charge in [0.1, 0.15) is 5.75 Å². The van der Waals surface area contributed by atoms with Crippen molar-refractivity contribution >= 4 is 21.8 Å². The molecule has 0 spiro atoms. The third-order valence-electron chi connectivity index (χ3n) is 5.07. The lowest BCUT2D eigenvalue weighted by molar-refractivity contribution is -0.122. The maximum absolute atomic E-state index is 12.5. The van der Waals surface area contributed by atoms with Gasteiger partial charge < -0.3 is 4.74 Å². The fourth-order valence-corrected chi connectivity index (χ4v) is 4.75. The molecule has 0 unspecified atom stereocenters. The Labute approximate surface area is 182 Å². The minimum Gasteiger partial charge on any atom is -0.493 e. The van der Waals surface area contributed by atoms with Gasteiger partial charge >= 0.3 is 0 Å². The van der Waals surface area contributed by atoms with E-state index in [1.165, 1.54) is 28.6 Å². The molecule has 9 heteroatoms. The molecule has 31 heavy (non-hydrogen) atoms. The zero-order valence-corrected chi connectivity index (χ0v) is 18.5. The van der Waals surface area contributed by atoms with Gasteiger partial charge in [0.2, 0.25) is 15.9 Å². The third kappa shape index (κ3) is 5.83. The molecule has 1 saturated heterocycles. The lowest BCUT2D eigenvalue weighted by Crippen LogP contribution is -2.42. The van der Waals surface area contributed by atoms with Crippen LogP contribution in [0.1, 0.15) is 40.7 Å². The average Bonchev–Trinajstić information content (AvgIpc) is 3.30. The summed E-state index contributed by atoms with van der Waals surface area (Å²) in [6.45, 7) is 5.10. The van der Waals surface area contributed by atoms with E-state index in [4.69, 9.17) is 4.74 Å². The molecule has 1 heterocycles. The quantitative estimate of drug-likeness (QED) is 0.637. The molecule has 2 N–H and O–H groups in total. The van der Waals surface area contributed by atoms with Crippen LogP contribution < -0.4 is 15.6 Å². The Morgan fingerprint density at radius 1 is 1.00 bits per heavy atom.